The summed E-state index contributed by atoms with van der Waals surface area (Å²) in [5.41, 5.74) is 7.52. The number of aliphatic imine (C=N–C) groups is 1. The molecule has 0 spiro atoms. The molecule has 13 nitrogen and oxygen atoms in total. The van der Waals surface area contributed by atoms with E-state index in [0.29, 0.717) is 22.2 Å². The number of nitrogens with zero attached hydrogens (tertiary/aromatic N) is 5. The van der Waals surface area contributed by atoms with Gasteiger partial charge in [-0.05, 0) is 17.7 Å². The third-order valence-corrected chi connectivity index (χ3v) is 9.19. The predicted octanol–water partition coefficient (Wildman–Crippen LogP) is 0.634. The van der Waals surface area contributed by atoms with E-state index in [1.165, 1.54) is 24.0 Å². The number of hydrogen-bond acceptors (Lipinski definition) is 10. The van der Waals surface area contributed by atoms with Gasteiger partial charge >= 0.3 is 0 Å². The number of para-hydroxylation sites is 1. The lowest BCUT2D eigenvalue weighted by molar-refractivity contribution is -0.131. The summed E-state index contributed by atoms with van der Waals surface area (Å²) >= 11 is 0. The molecule has 2 aliphatic rings. The molecule has 1 aromatic heterocycles. The number of nitrogen functional groups attached to an aromatic ring is 1. The third-order valence-electron chi connectivity index (χ3n) is 5.94. The molecule has 0 unspecified atom stereocenters. The molecule has 3 heterocycles. The number of benzene rings is 2. The average molecular weight is 517 g/mol. The van der Waals surface area contributed by atoms with Crippen molar-refractivity contribution in [2.75, 3.05) is 25.5 Å². The monoisotopic (exact) mass is 516 g/mol. The highest BCUT2D eigenvalue weighted by molar-refractivity contribution is 7.94. The second-order valence-corrected chi connectivity index (χ2v) is 11.8. The lowest BCUT2D eigenvalue weighted by Crippen LogP contribution is -2.56. The van der Waals surface area contributed by atoms with Gasteiger partial charge in [-0.3, -0.25) is 4.79 Å². The van der Waals surface area contributed by atoms with Crippen LogP contribution in [0.5, 0.6) is 0 Å². The van der Waals surface area contributed by atoms with Gasteiger partial charge in [0.2, 0.25) is 15.9 Å². The first-order valence-electron chi connectivity index (χ1n) is 10.3. The van der Waals surface area contributed by atoms with Crippen molar-refractivity contribution in [1.82, 2.24) is 14.9 Å². The number of likely N-dealkylation sites (tertiary alicyclic amines) is 1. The molecule has 1 amide bonds. The minimum Gasteiger partial charge on any atom is -0.369 e. The van der Waals surface area contributed by atoms with Gasteiger partial charge in [-0.1, -0.05) is 18.2 Å². The molecular weight excluding hydrogens is 496 g/mol. The maximum Gasteiger partial charge on any atom is 0.240 e. The lowest BCUT2D eigenvalue weighted by atomic mass is 9.97. The molecule has 182 valence electrons. The maximum atomic E-state index is 13.5. The number of nitrogens with two attached hydrogens (primary N) is 2. The summed E-state index contributed by atoms with van der Waals surface area (Å²) < 4.78 is 52.8. The van der Waals surface area contributed by atoms with Gasteiger partial charge < -0.3 is 15.6 Å². The number of rotatable bonds is 5. The molecule has 0 saturated carbocycles. The number of amides is 1. The minimum atomic E-state index is -4.61. The summed E-state index contributed by atoms with van der Waals surface area (Å²) in [4.78, 5) is 23.1. The molecule has 1 fully saturated rings. The van der Waals surface area contributed by atoms with Crippen LogP contribution in [0.25, 0.3) is 22.2 Å². The lowest BCUT2D eigenvalue weighted by Gasteiger charge is -2.38. The Balaban J connectivity index is 1.80. The summed E-state index contributed by atoms with van der Waals surface area (Å²) in [5.74, 6) is -0.190. The number of nitrogens with one attached hydrogen (secondary N) is 1. The molecule has 1 saturated heterocycles. The Morgan fingerprint density at radius 3 is 2.49 bits per heavy atom. The van der Waals surface area contributed by atoms with Crippen LogP contribution in [0.4, 0.5) is 5.95 Å². The molecule has 15 heteroatoms. The molecule has 2 aliphatic heterocycles. The largest absolute Gasteiger partial charge is 0.369 e. The molecule has 0 atom stereocenters. The summed E-state index contributed by atoms with van der Waals surface area (Å²) in [6.45, 7) is 1.18. The van der Waals surface area contributed by atoms with Gasteiger partial charge in [0.15, 0.2) is 28.3 Å². The summed E-state index contributed by atoms with van der Waals surface area (Å²) in [6.07, 6.45) is 0. The Morgan fingerprint density at radius 2 is 1.86 bits per heavy atom. The summed E-state index contributed by atoms with van der Waals surface area (Å²) in [5, 5.41) is 12.4. The number of carbonyl (C=O) groups excluding carboxylic acids is 1. The molecule has 0 radical (unpaired) electrons. The molecule has 5 N–H and O–H groups in total. The quantitative estimate of drug-likeness (QED) is 0.440. The fourth-order valence-corrected chi connectivity index (χ4v) is 7.47. The number of aromatic nitrogens is 2. The normalized spacial score (nSPS) is 16.5. The van der Waals surface area contributed by atoms with E-state index in [1.807, 2.05) is 0 Å². The van der Waals surface area contributed by atoms with E-state index in [2.05, 4.69) is 25.2 Å². The number of anilines is 1. The second kappa shape index (κ2) is 7.93. The minimum absolute atomic E-state index is 0.0500. The number of azo groups is 1. The number of imidazole rings is 1. The second-order valence-electron chi connectivity index (χ2n) is 8.14. The maximum absolute atomic E-state index is 13.5. The zero-order valence-corrected chi connectivity index (χ0v) is 20.0. The molecular formula is C20H20N8O5S2. The van der Waals surface area contributed by atoms with Crippen LogP contribution in [-0.2, 0) is 24.7 Å². The van der Waals surface area contributed by atoms with Crippen LogP contribution in [0.3, 0.4) is 0 Å². The van der Waals surface area contributed by atoms with Gasteiger partial charge in [0, 0.05) is 25.6 Å². The molecule has 35 heavy (non-hydrogen) atoms. The fraction of sp³-hybridized carbons (Fsp3) is 0.250. The first-order valence-corrected chi connectivity index (χ1v) is 13.4. The Kier molecular flexibility index (Phi) is 5.23. The van der Waals surface area contributed by atoms with Crippen LogP contribution in [-0.4, -0.2) is 68.5 Å². The van der Waals surface area contributed by atoms with Gasteiger partial charge in [0.1, 0.15) is 10.1 Å². The van der Waals surface area contributed by atoms with Gasteiger partial charge in [-0.25, -0.2) is 32.0 Å². The number of hydrogen-bond donors (Lipinski definition) is 3. The van der Waals surface area contributed by atoms with Crippen LogP contribution < -0.4 is 10.9 Å². The smallest absolute Gasteiger partial charge is 0.240 e. The zero-order valence-electron chi connectivity index (χ0n) is 18.3. The van der Waals surface area contributed by atoms with E-state index in [1.54, 1.807) is 18.2 Å². The van der Waals surface area contributed by atoms with Crippen molar-refractivity contribution in [3.05, 3.63) is 35.9 Å². The van der Waals surface area contributed by atoms with E-state index in [-0.39, 0.29) is 43.0 Å². The number of sulfone groups is 1. The first kappa shape index (κ1) is 23.1. The standard InChI is InChI=1S/C20H20N8O5S2/c1-10(29)28-7-11(8-28)34(30,31)15-6-5-12(13-3-2-4-14-17(13)26-20(21)25-14)16(18(15)35(22,32)33)19-23-9-24-27-19/h2-6,11H,7-9H2,1H3,(H3,21,25,26)(H2,22,32,33). The number of sulfonamides is 1. The number of fused-ring (bicyclic) bond motifs is 1. The first-order chi connectivity index (χ1) is 16.5. The van der Waals surface area contributed by atoms with Crippen molar-refractivity contribution < 1.29 is 21.6 Å². The molecule has 0 bridgehead atoms. The van der Waals surface area contributed by atoms with Crippen molar-refractivity contribution in [1.29, 1.82) is 0 Å². The van der Waals surface area contributed by atoms with E-state index >= 15 is 0 Å². The number of H-pyrrole nitrogens is 1. The van der Waals surface area contributed by atoms with Crippen molar-refractivity contribution >= 4 is 48.6 Å². The van der Waals surface area contributed by atoms with E-state index < -0.39 is 34.9 Å². The molecule has 5 rings (SSSR count). The van der Waals surface area contributed by atoms with E-state index in [9.17, 15) is 21.6 Å². The van der Waals surface area contributed by atoms with Crippen molar-refractivity contribution in [3.63, 3.8) is 0 Å². The van der Waals surface area contributed by atoms with Crippen LogP contribution in [0.15, 0.2) is 55.3 Å². The molecule has 2 aromatic carbocycles. The number of primary sulfonamides is 1. The number of aromatic amines is 1. The zero-order chi connectivity index (χ0) is 25.1. The van der Waals surface area contributed by atoms with Crippen LogP contribution in [0.2, 0.25) is 0 Å². The van der Waals surface area contributed by atoms with Crippen LogP contribution >= 0.6 is 0 Å². The van der Waals surface area contributed by atoms with Crippen molar-refractivity contribution in [2.24, 2.45) is 20.4 Å². The predicted molar refractivity (Wildman–Crippen MR) is 127 cm³/mol. The highest BCUT2D eigenvalue weighted by Gasteiger charge is 2.43. The third kappa shape index (κ3) is 3.77. The Hall–Kier alpha value is -3.69. The summed E-state index contributed by atoms with van der Waals surface area (Å²) in [7, 11) is -8.80. The Labute approximate surface area is 199 Å². The van der Waals surface area contributed by atoms with Gasteiger partial charge in [0.25, 0.3) is 0 Å². The van der Waals surface area contributed by atoms with E-state index in [4.69, 9.17) is 10.9 Å². The van der Waals surface area contributed by atoms with Gasteiger partial charge in [-0.2, -0.15) is 5.11 Å². The highest BCUT2D eigenvalue weighted by Crippen LogP contribution is 2.39. The van der Waals surface area contributed by atoms with Gasteiger partial charge in [-0.15, -0.1) is 5.11 Å². The Bertz CT molecular complexity index is 1670. The van der Waals surface area contributed by atoms with E-state index in [0.717, 1.165) is 0 Å². The van der Waals surface area contributed by atoms with Crippen LogP contribution in [0, 0.1) is 0 Å². The van der Waals surface area contributed by atoms with Crippen molar-refractivity contribution in [2.45, 2.75) is 22.0 Å². The fourth-order valence-electron chi connectivity index (χ4n) is 4.21. The van der Waals surface area contributed by atoms with Crippen LogP contribution in [0.1, 0.15) is 12.5 Å². The summed E-state index contributed by atoms with van der Waals surface area (Å²) in [6, 6.07) is 7.81. The highest BCUT2D eigenvalue weighted by atomic mass is 32.2. The SMILES string of the molecule is CC(=O)N1CC(S(=O)(=O)c2ccc(-c3cccc4[nH]c(N)nc34)c(C3=NCN=N3)c2S(N)(=O)=O)C1. The van der Waals surface area contributed by atoms with Crippen molar-refractivity contribution in [3.8, 4) is 11.1 Å². The number of carbonyl (C=O) groups is 1. The van der Waals surface area contributed by atoms with Gasteiger partial charge in [0.05, 0.1) is 21.5 Å². The Morgan fingerprint density at radius 1 is 1.11 bits per heavy atom. The molecule has 3 aromatic rings. The molecule has 0 aliphatic carbocycles. The topological polar surface area (TPSA) is 206 Å². The average Bonchev–Trinajstić information content (AvgIpc) is 3.39. The number of amidine groups is 1.